The van der Waals surface area contributed by atoms with E-state index >= 15 is 0 Å². The summed E-state index contributed by atoms with van der Waals surface area (Å²) in [6.07, 6.45) is 0. The largest absolute Gasteiger partial charge is 0.355 e. The number of carbonyl (C=O) groups is 1. The van der Waals surface area contributed by atoms with Crippen molar-refractivity contribution in [1.82, 2.24) is 5.32 Å². The van der Waals surface area contributed by atoms with Crippen molar-refractivity contribution >= 4 is 17.2 Å². The number of hydrogen-bond donors (Lipinski definition) is 2. The number of nitrogens with two attached hydrogens (primary N) is 1. The summed E-state index contributed by atoms with van der Waals surface area (Å²) in [7, 11) is 0. The molecule has 1 heterocycles. The van der Waals surface area contributed by atoms with Crippen LogP contribution in [0.1, 0.15) is 24.6 Å². The van der Waals surface area contributed by atoms with Crippen molar-refractivity contribution in [3.05, 3.63) is 22.4 Å². The molecule has 1 rings (SSSR count). The van der Waals surface area contributed by atoms with Gasteiger partial charge in [0.1, 0.15) is 0 Å². The Kier molecular flexibility index (Phi) is 4.78. The molecule has 1 amide bonds. The first-order valence-electron chi connectivity index (χ1n) is 5.16. The van der Waals surface area contributed by atoms with Crippen molar-refractivity contribution in [1.29, 1.82) is 0 Å². The second-order valence-corrected chi connectivity index (χ2v) is 4.80. The predicted octanol–water partition coefficient (Wildman–Crippen LogP) is 1.56. The van der Waals surface area contributed by atoms with Crippen molar-refractivity contribution in [2.24, 2.45) is 11.7 Å². The summed E-state index contributed by atoms with van der Waals surface area (Å²) in [6.45, 7) is 5.21. The molecule has 1 aromatic heterocycles. The molecule has 0 radical (unpaired) electrons. The molecule has 0 fully saturated rings. The van der Waals surface area contributed by atoms with Gasteiger partial charge in [-0.3, -0.25) is 4.79 Å². The van der Waals surface area contributed by atoms with E-state index in [-0.39, 0.29) is 11.8 Å². The molecular formula is C11H18N2OS. The first-order valence-corrected chi connectivity index (χ1v) is 6.04. The van der Waals surface area contributed by atoms with Gasteiger partial charge in [-0.15, -0.1) is 11.3 Å². The van der Waals surface area contributed by atoms with E-state index in [1.165, 1.54) is 0 Å². The maximum Gasteiger partial charge on any atom is 0.228 e. The molecule has 1 aromatic rings. The highest BCUT2D eigenvalue weighted by Gasteiger charge is 2.15. The lowest BCUT2D eigenvalue weighted by molar-refractivity contribution is -0.122. The van der Waals surface area contributed by atoms with Gasteiger partial charge in [-0.25, -0.2) is 0 Å². The Balaban J connectivity index is 2.41. The zero-order valence-electron chi connectivity index (χ0n) is 9.19. The van der Waals surface area contributed by atoms with E-state index in [0.29, 0.717) is 19.0 Å². The Morgan fingerprint density at radius 3 is 2.87 bits per heavy atom. The fourth-order valence-corrected chi connectivity index (χ4v) is 1.96. The smallest absolute Gasteiger partial charge is 0.228 e. The van der Waals surface area contributed by atoms with E-state index in [9.17, 15) is 4.79 Å². The molecule has 0 bridgehead atoms. The summed E-state index contributed by atoms with van der Waals surface area (Å²) in [5.74, 6) is 0.359. The summed E-state index contributed by atoms with van der Waals surface area (Å²) >= 11 is 1.61. The Morgan fingerprint density at radius 1 is 1.60 bits per heavy atom. The first kappa shape index (κ1) is 12.2. The summed E-state index contributed by atoms with van der Waals surface area (Å²) in [5, 5.41) is 4.90. The third-order valence-corrected chi connectivity index (χ3v) is 3.45. The Morgan fingerprint density at radius 2 is 2.33 bits per heavy atom. The van der Waals surface area contributed by atoms with Crippen LogP contribution in [0.3, 0.4) is 0 Å². The molecule has 15 heavy (non-hydrogen) atoms. The monoisotopic (exact) mass is 226 g/mol. The van der Waals surface area contributed by atoms with Gasteiger partial charge in [0, 0.05) is 11.4 Å². The fourth-order valence-electron chi connectivity index (χ4n) is 1.18. The Labute approximate surface area is 94.7 Å². The van der Waals surface area contributed by atoms with Crippen molar-refractivity contribution in [2.75, 3.05) is 13.1 Å². The zero-order chi connectivity index (χ0) is 11.3. The molecule has 4 heteroatoms. The lowest BCUT2D eigenvalue weighted by atomic mass is 10.1. The number of thiophene rings is 1. The number of rotatable bonds is 5. The molecule has 0 aliphatic rings. The van der Waals surface area contributed by atoms with Gasteiger partial charge in [-0.1, -0.05) is 13.0 Å². The maximum absolute atomic E-state index is 11.7. The molecule has 0 saturated carbocycles. The van der Waals surface area contributed by atoms with Crippen molar-refractivity contribution in [2.45, 2.75) is 19.8 Å². The molecule has 2 unspecified atom stereocenters. The van der Waals surface area contributed by atoms with Crippen LogP contribution in [0.15, 0.2) is 17.5 Å². The number of nitrogens with one attached hydrogen (secondary N) is 1. The van der Waals surface area contributed by atoms with E-state index < -0.39 is 0 Å². The van der Waals surface area contributed by atoms with Crippen LogP contribution >= 0.6 is 11.3 Å². The van der Waals surface area contributed by atoms with E-state index in [4.69, 9.17) is 5.73 Å². The second kappa shape index (κ2) is 5.88. The fraction of sp³-hybridized carbons (Fsp3) is 0.545. The Hall–Kier alpha value is -0.870. The van der Waals surface area contributed by atoms with Crippen LogP contribution in [-0.2, 0) is 4.79 Å². The Bertz CT molecular complexity index is 298. The van der Waals surface area contributed by atoms with Crippen LogP contribution in [0.4, 0.5) is 0 Å². The predicted molar refractivity (Wildman–Crippen MR) is 64.0 cm³/mol. The average Bonchev–Trinajstić information content (AvgIpc) is 2.77. The van der Waals surface area contributed by atoms with Crippen LogP contribution in [-0.4, -0.2) is 19.0 Å². The summed E-state index contributed by atoms with van der Waals surface area (Å²) < 4.78 is 0. The van der Waals surface area contributed by atoms with Gasteiger partial charge >= 0.3 is 0 Å². The third kappa shape index (κ3) is 3.64. The van der Waals surface area contributed by atoms with E-state index in [2.05, 4.69) is 5.32 Å². The first-order chi connectivity index (χ1) is 7.15. The molecule has 0 saturated heterocycles. The minimum Gasteiger partial charge on any atom is -0.355 e. The summed E-state index contributed by atoms with van der Waals surface area (Å²) in [4.78, 5) is 12.8. The van der Waals surface area contributed by atoms with Gasteiger partial charge in [0.2, 0.25) is 5.91 Å². The van der Waals surface area contributed by atoms with Crippen LogP contribution in [0.25, 0.3) is 0 Å². The number of amides is 1. The molecule has 3 N–H and O–H groups in total. The van der Waals surface area contributed by atoms with Crippen molar-refractivity contribution < 1.29 is 4.79 Å². The van der Waals surface area contributed by atoms with Crippen LogP contribution in [0.5, 0.6) is 0 Å². The standard InChI is InChI=1S/C11H18N2OS/c1-8(6-12)7-13-11(14)9(2)10-4-3-5-15-10/h3-5,8-9H,6-7,12H2,1-2H3,(H,13,14). The minimum absolute atomic E-state index is 0.0602. The molecule has 3 nitrogen and oxygen atoms in total. The average molecular weight is 226 g/mol. The second-order valence-electron chi connectivity index (χ2n) is 3.82. The van der Waals surface area contributed by atoms with Gasteiger partial charge in [-0.2, -0.15) is 0 Å². The highest BCUT2D eigenvalue weighted by Crippen LogP contribution is 2.20. The van der Waals surface area contributed by atoms with Gasteiger partial charge in [-0.05, 0) is 30.8 Å². The molecule has 0 aromatic carbocycles. The SMILES string of the molecule is CC(CN)CNC(=O)C(C)c1cccs1. The van der Waals surface area contributed by atoms with Gasteiger partial charge in [0.05, 0.1) is 5.92 Å². The molecular weight excluding hydrogens is 208 g/mol. The van der Waals surface area contributed by atoms with Crippen LogP contribution in [0.2, 0.25) is 0 Å². The molecule has 0 aliphatic carbocycles. The van der Waals surface area contributed by atoms with E-state index in [1.807, 2.05) is 31.4 Å². The maximum atomic E-state index is 11.7. The normalized spacial score (nSPS) is 14.6. The van der Waals surface area contributed by atoms with Gasteiger partial charge < -0.3 is 11.1 Å². The van der Waals surface area contributed by atoms with Crippen LogP contribution in [0, 0.1) is 5.92 Å². The topological polar surface area (TPSA) is 55.1 Å². The molecule has 2 atom stereocenters. The van der Waals surface area contributed by atoms with Crippen molar-refractivity contribution in [3.63, 3.8) is 0 Å². The number of carbonyl (C=O) groups excluding carboxylic acids is 1. The summed E-state index contributed by atoms with van der Waals surface area (Å²) in [6, 6.07) is 3.95. The number of hydrogen-bond acceptors (Lipinski definition) is 3. The summed E-state index contributed by atoms with van der Waals surface area (Å²) in [5.41, 5.74) is 5.48. The van der Waals surface area contributed by atoms with Crippen molar-refractivity contribution in [3.8, 4) is 0 Å². The van der Waals surface area contributed by atoms with Crippen LogP contribution < -0.4 is 11.1 Å². The molecule has 0 aliphatic heterocycles. The molecule has 84 valence electrons. The lowest BCUT2D eigenvalue weighted by Crippen LogP contribution is -2.33. The highest BCUT2D eigenvalue weighted by molar-refractivity contribution is 7.10. The van der Waals surface area contributed by atoms with E-state index in [1.54, 1.807) is 11.3 Å². The quantitative estimate of drug-likeness (QED) is 0.800. The van der Waals surface area contributed by atoms with Gasteiger partial charge in [0.25, 0.3) is 0 Å². The van der Waals surface area contributed by atoms with Gasteiger partial charge in [0.15, 0.2) is 0 Å². The zero-order valence-corrected chi connectivity index (χ0v) is 10.0. The molecule has 0 spiro atoms. The van der Waals surface area contributed by atoms with E-state index in [0.717, 1.165) is 4.88 Å². The lowest BCUT2D eigenvalue weighted by Gasteiger charge is -2.13. The minimum atomic E-state index is -0.0602. The third-order valence-electron chi connectivity index (χ3n) is 2.39. The highest BCUT2D eigenvalue weighted by atomic mass is 32.1.